The predicted octanol–water partition coefficient (Wildman–Crippen LogP) is 2.57. The Morgan fingerprint density at radius 1 is 1.24 bits per heavy atom. The first-order valence-electron chi connectivity index (χ1n) is 8.67. The molecule has 0 amide bonds. The Bertz CT molecular complexity index is 338. The van der Waals surface area contributed by atoms with Crippen LogP contribution >= 0.6 is 0 Å². The zero-order valence-corrected chi connectivity index (χ0v) is 14.0. The molecule has 2 saturated carbocycles. The monoisotopic (exact) mass is 296 g/mol. The number of hydrogen-bond donors (Lipinski definition) is 1. The maximum Gasteiger partial charge on any atom is 0.327 e. The van der Waals surface area contributed by atoms with Gasteiger partial charge in [-0.15, -0.1) is 0 Å². The van der Waals surface area contributed by atoms with Crippen LogP contribution in [-0.2, 0) is 9.53 Å². The molecule has 2 rings (SSSR count). The Morgan fingerprint density at radius 3 is 2.48 bits per heavy atom. The van der Waals surface area contributed by atoms with E-state index in [1.165, 1.54) is 44.9 Å². The molecule has 1 N–H and O–H groups in total. The molecule has 4 nitrogen and oxygen atoms in total. The molecule has 21 heavy (non-hydrogen) atoms. The van der Waals surface area contributed by atoms with E-state index in [-0.39, 0.29) is 5.97 Å². The number of rotatable bonds is 8. The van der Waals surface area contributed by atoms with Gasteiger partial charge in [-0.05, 0) is 52.5 Å². The Balaban J connectivity index is 1.88. The van der Waals surface area contributed by atoms with E-state index in [9.17, 15) is 4.79 Å². The van der Waals surface area contributed by atoms with E-state index in [0.717, 1.165) is 19.0 Å². The van der Waals surface area contributed by atoms with Crippen molar-refractivity contribution in [3.63, 3.8) is 0 Å². The SMILES string of the molecule is CCOC(=O)C(C)(CN(C)CC1CCCCC1)NC1CC1. The van der Waals surface area contributed by atoms with E-state index in [4.69, 9.17) is 4.74 Å². The average Bonchev–Trinajstić information content (AvgIpc) is 3.23. The third kappa shape index (κ3) is 5.26. The van der Waals surface area contributed by atoms with Crippen LogP contribution in [0, 0.1) is 5.92 Å². The second-order valence-corrected chi connectivity index (χ2v) is 7.17. The first kappa shape index (κ1) is 16.8. The summed E-state index contributed by atoms with van der Waals surface area (Å²) in [5.41, 5.74) is -0.569. The van der Waals surface area contributed by atoms with Crippen LogP contribution in [0.15, 0.2) is 0 Å². The molecule has 0 saturated heterocycles. The number of hydrogen-bond acceptors (Lipinski definition) is 4. The summed E-state index contributed by atoms with van der Waals surface area (Å²) in [6, 6.07) is 0.502. The summed E-state index contributed by atoms with van der Waals surface area (Å²) in [5.74, 6) is 0.698. The van der Waals surface area contributed by atoms with Crippen molar-refractivity contribution in [1.82, 2.24) is 10.2 Å². The molecule has 0 radical (unpaired) electrons. The summed E-state index contributed by atoms with van der Waals surface area (Å²) in [7, 11) is 2.14. The lowest BCUT2D eigenvalue weighted by Gasteiger charge is -2.35. The minimum atomic E-state index is -0.569. The zero-order valence-electron chi connectivity index (χ0n) is 14.0. The van der Waals surface area contributed by atoms with Gasteiger partial charge in [0.1, 0.15) is 5.54 Å². The van der Waals surface area contributed by atoms with E-state index < -0.39 is 5.54 Å². The van der Waals surface area contributed by atoms with Crippen LogP contribution in [0.4, 0.5) is 0 Å². The first-order valence-corrected chi connectivity index (χ1v) is 8.67. The van der Waals surface area contributed by atoms with Gasteiger partial charge in [0.25, 0.3) is 0 Å². The van der Waals surface area contributed by atoms with Gasteiger partial charge < -0.3 is 9.64 Å². The van der Waals surface area contributed by atoms with Crippen LogP contribution in [0.2, 0.25) is 0 Å². The molecule has 0 spiro atoms. The number of carbonyl (C=O) groups excluding carboxylic acids is 1. The van der Waals surface area contributed by atoms with Crippen molar-refractivity contribution in [2.24, 2.45) is 5.92 Å². The highest BCUT2D eigenvalue weighted by molar-refractivity contribution is 5.80. The molecular weight excluding hydrogens is 264 g/mol. The highest BCUT2D eigenvalue weighted by Gasteiger charge is 2.40. The predicted molar refractivity (Wildman–Crippen MR) is 85.3 cm³/mol. The van der Waals surface area contributed by atoms with Gasteiger partial charge in [0.05, 0.1) is 6.61 Å². The van der Waals surface area contributed by atoms with Crippen LogP contribution in [0.3, 0.4) is 0 Å². The molecule has 0 aliphatic heterocycles. The van der Waals surface area contributed by atoms with Crippen molar-refractivity contribution in [2.45, 2.75) is 70.4 Å². The standard InChI is InChI=1S/C17H32N2O2/c1-4-21-16(20)17(2,18-15-10-11-15)13-19(3)12-14-8-6-5-7-9-14/h14-15,18H,4-13H2,1-3H3. The molecule has 2 aliphatic carbocycles. The third-order valence-electron chi connectivity index (χ3n) is 4.71. The second kappa shape index (κ2) is 7.59. The lowest BCUT2D eigenvalue weighted by Crippen LogP contribution is -2.58. The Labute approximate surface area is 129 Å². The van der Waals surface area contributed by atoms with Crippen molar-refractivity contribution >= 4 is 5.97 Å². The molecule has 1 atom stereocenters. The lowest BCUT2D eigenvalue weighted by atomic mass is 9.88. The fourth-order valence-corrected chi connectivity index (χ4v) is 3.55. The normalized spacial score (nSPS) is 23.0. The van der Waals surface area contributed by atoms with Crippen LogP contribution in [0.25, 0.3) is 0 Å². The fourth-order valence-electron chi connectivity index (χ4n) is 3.55. The molecule has 0 heterocycles. The summed E-state index contributed by atoms with van der Waals surface area (Å²) < 4.78 is 5.30. The fraction of sp³-hybridized carbons (Fsp3) is 0.941. The number of carbonyl (C=O) groups is 1. The van der Waals surface area contributed by atoms with Crippen molar-refractivity contribution < 1.29 is 9.53 Å². The second-order valence-electron chi connectivity index (χ2n) is 7.17. The van der Waals surface area contributed by atoms with Gasteiger partial charge in [-0.2, -0.15) is 0 Å². The molecule has 2 aliphatic rings. The van der Waals surface area contributed by atoms with Crippen LogP contribution in [0.5, 0.6) is 0 Å². The average molecular weight is 296 g/mol. The van der Waals surface area contributed by atoms with Crippen molar-refractivity contribution in [3.05, 3.63) is 0 Å². The summed E-state index contributed by atoms with van der Waals surface area (Å²) in [4.78, 5) is 14.7. The van der Waals surface area contributed by atoms with E-state index in [2.05, 4.69) is 17.3 Å². The third-order valence-corrected chi connectivity index (χ3v) is 4.71. The van der Waals surface area contributed by atoms with E-state index >= 15 is 0 Å². The molecular formula is C17H32N2O2. The number of likely N-dealkylation sites (N-methyl/N-ethyl adjacent to an activating group) is 1. The maximum absolute atomic E-state index is 12.3. The van der Waals surface area contributed by atoms with E-state index in [1.54, 1.807) is 0 Å². The largest absolute Gasteiger partial charge is 0.465 e. The molecule has 4 heteroatoms. The molecule has 1 unspecified atom stereocenters. The minimum absolute atomic E-state index is 0.104. The van der Waals surface area contributed by atoms with Gasteiger partial charge in [-0.25, -0.2) is 0 Å². The van der Waals surface area contributed by atoms with Gasteiger partial charge in [-0.1, -0.05) is 19.3 Å². The lowest BCUT2D eigenvalue weighted by molar-refractivity contribution is -0.151. The molecule has 0 aromatic carbocycles. The van der Waals surface area contributed by atoms with E-state index in [0.29, 0.717) is 12.6 Å². The van der Waals surface area contributed by atoms with Crippen LogP contribution in [0.1, 0.15) is 58.8 Å². The first-order chi connectivity index (χ1) is 10.0. The number of nitrogens with zero attached hydrogens (tertiary/aromatic N) is 1. The summed E-state index contributed by atoms with van der Waals surface area (Å²) in [6.07, 6.45) is 9.18. The number of ether oxygens (including phenoxy) is 1. The maximum atomic E-state index is 12.3. The number of nitrogens with one attached hydrogen (secondary N) is 1. The molecule has 0 aromatic rings. The molecule has 0 aromatic heterocycles. The molecule has 2 fully saturated rings. The Morgan fingerprint density at radius 2 is 1.90 bits per heavy atom. The number of esters is 1. The summed E-state index contributed by atoms with van der Waals surface area (Å²) in [5, 5.41) is 3.50. The Kier molecular flexibility index (Phi) is 6.06. The van der Waals surface area contributed by atoms with Crippen molar-refractivity contribution in [1.29, 1.82) is 0 Å². The highest BCUT2D eigenvalue weighted by atomic mass is 16.5. The van der Waals surface area contributed by atoms with Crippen molar-refractivity contribution in [2.75, 3.05) is 26.7 Å². The zero-order chi connectivity index (χ0) is 15.3. The topological polar surface area (TPSA) is 41.6 Å². The highest BCUT2D eigenvalue weighted by Crippen LogP contribution is 2.26. The summed E-state index contributed by atoms with van der Waals surface area (Å²) in [6.45, 7) is 6.16. The van der Waals surface area contributed by atoms with Gasteiger partial charge in [0, 0.05) is 19.1 Å². The smallest absolute Gasteiger partial charge is 0.327 e. The molecule has 122 valence electrons. The van der Waals surface area contributed by atoms with E-state index in [1.807, 2.05) is 13.8 Å². The van der Waals surface area contributed by atoms with Gasteiger partial charge in [0.2, 0.25) is 0 Å². The van der Waals surface area contributed by atoms with Crippen LogP contribution in [-0.4, -0.2) is 49.2 Å². The quantitative estimate of drug-likeness (QED) is 0.699. The van der Waals surface area contributed by atoms with Gasteiger partial charge in [-0.3, -0.25) is 10.1 Å². The van der Waals surface area contributed by atoms with Gasteiger partial charge in [0.15, 0.2) is 0 Å². The molecule has 0 bridgehead atoms. The minimum Gasteiger partial charge on any atom is -0.465 e. The van der Waals surface area contributed by atoms with Gasteiger partial charge >= 0.3 is 5.97 Å². The van der Waals surface area contributed by atoms with Crippen molar-refractivity contribution in [3.8, 4) is 0 Å². The van der Waals surface area contributed by atoms with Crippen LogP contribution < -0.4 is 5.32 Å². The summed E-state index contributed by atoms with van der Waals surface area (Å²) >= 11 is 0. The Hall–Kier alpha value is -0.610.